The Morgan fingerprint density at radius 1 is 1.32 bits per heavy atom. The van der Waals surface area contributed by atoms with E-state index in [1.807, 2.05) is 32.9 Å². The third-order valence-electron chi connectivity index (χ3n) is 4.02. The van der Waals surface area contributed by atoms with Crippen molar-refractivity contribution in [2.24, 2.45) is 0 Å². The molecule has 1 aromatic rings. The number of carbonyl (C=O) groups is 2. The van der Waals surface area contributed by atoms with Crippen LogP contribution in [-0.2, 0) is 16.1 Å². The summed E-state index contributed by atoms with van der Waals surface area (Å²) in [6, 6.07) is 8.73. The van der Waals surface area contributed by atoms with E-state index in [1.165, 1.54) is 4.90 Å². The molecule has 1 fully saturated rings. The van der Waals surface area contributed by atoms with Crippen molar-refractivity contribution in [1.29, 1.82) is 5.26 Å². The van der Waals surface area contributed by atoms with Crippen molar-refractivity contribution < 1.29 is 14.3 Å². The molecule has 2 rings (SSSR count). The number of rotatable bonds is 3. The fourth-order valence-corrected chi connectivity index (χ4v) is 2.83. The molecular weight excluding hydrogens is 318 g/mol. The maximum atomic E-state index is 12.6. The third kappa shape index (κ3) is 5.21. The number of nitriles is 1. The third-order valence-corrected chi connectivity index (χ3v) is 4.02. The molecule has 25 heavy (non-hydrogen) atoms. The molecule has 0 bridgehead atoms. The Balaban J connectivity index is 2.03. The second-order valence-corrected chi connectivity index (χ2v) is 7.17. The largest absolute Gasteiger partial charge is 0.444 e. The van der Waals surface area contributed by atoms with Crippen LogP contribution in [0, 0.1) is 11.3 Å². The summed E-state index contributed by atoms with van der Waals surface area (Å²) in [5.74, 6) is -0.210. The molecule has 6 heteroatoms. The van der Waals surface area contributed by atoms with Gasteiger partial charge in [0.2, 0.25) is 5.91 Å². The number of likely N-dealkylation sites (tertiary alicyclic amines) is 1. The van der Waals surface area contributed by atoms with Crippen molar-refractivity contribution >= 4 is 12.0 Å². The van der Waals surface area contributed by atoms with E-state index in [4.69, 9.17) is 10.00 Å². The van der Waals surface area contributed by atoms with Gasteiger partial charge in [0.15, 0.2) is 0 Å². The molecule has 0 saturated carbocycles. The zero-order valence-electron chi connectivity index (χ0n) is 15.0. The minimum Gasteiger partial charge on any atom is -0.444 e. The highest BCUT2D eigenvalue weighted by molar-refractivity contribution is 5.86. The van der Waals surface area contributed by atoms with Crippen LogP contribution in [-0.4, -0.2) is 35.1 Å². The lowest BCUT2D eigenvalue weighted by molar-refractivity contribution is -0.127. The van der Waals surface area contributed by atoms with Gasteiger partial charge in [0.25, 0.3) is 0 Å². The zero-order valence-corrected chi connectivity index (χ0v) is 15.0. The zero-order chi connectivity index (χ0) is 18.4. The normalized spacial score (nSPS) is 17.5. The van der Waals surface area contributed by atoms with Crippen LogP contribution in [0.25, 0.3) is 0 Å². The highest BCUT2D eigenvalue weighted by Crippen LogP contribution is 2.21. The summed E-state index contributed by atoms with van der Waals surface area (Å²) >= 11 is 0. The maximum absolute atomic E-state index is 12.6. The fourth-order valence-electron chi connectivity index (χ4n) is 2.83. The molecule has 1 aromatic carbocycles. The van der Waals surface area contributed by atoms with Crippen LogP contribution in [0.1, 0.15) is 51.2 Å². The van der Waals surface area contributed by atoms with Gasteiger partial charge < -0.3 is 10.1 Å². The standard InChI is InChI=1S/C19H25N3O3/c1-19(2,3)25-18(24)22-11-7-6-10-16(22)17(23)21-13-15-9-5-4-8-14(15)12-20/h4-5,8-9,16H,6-7,10-11,13H2,1-3H3,(H,21,23)/t16-/m1/s1. The summed E-state index contributed by atoms with van der Waals surface area (Å²) in [4.78, 5) is 26.5. The second kappa shape index (κ2) is 8.02. The Morgan fingerprint density at radius 2 is 2.04 bits per heavy atom. The summed E-state index contributed by atoms with van der Waals surface area (Å²) in [6.07, 6.45) is 1.92. The molecule has 0 unspecified atom stereocenters. The number of piperidine rings is 1. The number of nitrogens with one attached hydrogen (secondary N) is 1. The molecule has 1 atom stereocenters. The smallest absolute Gasteiger partial charge is 0.410 e. The number of benzene rings is 1. The van der Waals surface area contributed by atoms with Gasteiger partial charge >= 0.3 is 6.09 Å². The maximum Gasteiger partial charge on any atom is 0.410 e. The molecule has 1 aliphatic rings. The monoisotopic (exact) mass is 343 g/mol. The molecule has 0 aliphatic carbocycles. The molecule has 1 aliphatic heterocycles. The fraction of sp³-hybridized carbons (Fsp3) is 0.526. The van der Waals surface area contributed by atoms with Crippen LogP contribution in [0.2, 0.25) is 0 Å². The number of ether oxygens (including phenoxy) is 1. The second-order valence-electron chi connectivity index (χ2n) is 7.17. The summed E-state index contributed by atoms with van der Waals surface area (Å²) in [6.45, 7) is 6.21. The summed E-state index contributed by atoms with van der Waals surface area (Å²) < 4.78 is 5.42. The van der Waals surface area contributed by atoms with Gasteiger partial charge in [-0.05, 0) is 51.7 Å². The van der Waals surface area contributed by atoms with E-state index in [-0.39, 0.29) is 12.5 Å². The Kier molecular flexibility index (Phi) is 6.02. The SMILES string of the molecule is CC(C)(C)OC(=O)N1CCCC[C@@H]1C(=O)NCc1ccccc1C#N. The quantitative estimate of drug-likeness (QED) is 0.915. The van der Waals surface area contributed by atoms with Crippen LogP contribution in [0.5, 0.6) is 0 Å². The Morgan fingerprint density at radius 3 is 2.72 bits per heavy atom. The van der Waals surface area contributed by atoms with E-state index in [2.05, 4.69) is 11.4 Å². The Labute approximate surface area is 148 Å². The average Bonchev–Trinajstić information content (AvgIpc) is 2.58. The lowest BCUT2D eigenvalue weighted by Crippen LogP contribution is -2.53. The summed E-state index contributed by atoms with van der Waals surface area (Å²) in [5, 5.41) is 12.0. The van der Waals surface area contributed by atoms with Crippen molar-refractivity contribution in [2.75, 3.05) is 6.54 Å². The van der Waals surface area contributed by atoms with Gasteiger partial charge in [-0.2, -0.15) is 5.26 Å². The first kappa shape index (κ1) is 18.8. The van der Waals surface area contributed by atoms with Gasteiger partial charge in [0, 0.05) is 13.1 Å². The topological polar surface area (TPSA) is 82.4 Å². The molecule has 134 valence electrons. The molecule has 2 amide bonds. The van der Waals surface area contributed by atoms with Gasteiger partial charge in [0.05, 0.1) is 11.6 Å². The Bertz CT molecular complexity index is 673. The molecule has 1 N–H and O–H groups in total. The predicted molar refractivity (Wildman–Crippen MR) is 93.6 cm³/mol. The lowest BCUT2D eigenvalue weighted by atomic mass is 10.0. The van der Waals surface area contributed by atoms with Gasteiger partial charge in [-0.1, -0.05) is 18.2 Å². The van der Waals surface area contributed by atoms with Gasteiger partial charge in [-0.15, -0.1) is 0 Å². The number of carbonyl (C=O) groups excluding carboxylic acids is 2. The van der Waals surface area contributed by atoms with E-state index in [0.29, 0.717) is 18.5 Å². The molecule has 0 radical (unpaired) electrons. The number of hydrogen-bond donors (Lipinski definition) is 1. The summed E-state index contributed by atoms with van der Waals surface area (Å²) in [7, 11) is 0. The number of hydrogen-bond acceptors (Lipinski definition) is 4. The molecule has 0 spiro atoms. The highest BCUT2D eigenvalue weighted by atomic mass is 16.6. The molecule has 1 heterocycles. The molecular formula is C19H25N3O3. The van der Waals surface area contributed by atoms with E-state index in [0.717, 1.165) is 18.4 Å². The summed E-state index contributed by atoms with van der Waals surface area (Å²) in [5.41, 5.74) is 0.704. The minimum absolute atomic E-state index is 0.210. The first-order valence-corrected chi connectivity index (χ1v) is 8.57. The Hall–Kier alpha value is -2.55. The van der Waals surface area contributed by atoms with Crippen molar-refractivity contribution in [3.05, 3.63) is 35.4 Å². The average molecular weight is 343 g/mol. The highest BCUT2D eigenvalue weighted by Gasteiger charge is 2.34. The number of nitrogens with zero attached hydrogens (tertiary/aromatic N) is 2. The van der Waals surface area contributed by atoms with Crippen molar-refractivity contribution in [3.8, 4) is 6.07 Å². The van der Waals surface area contributed by atoms with Crippen LogP contribution in [0.4, 0.5) is 4.79 Å². The first-order valence-electron chi connectivity index (χ1n) is 8.57. The van der Waals surface area contributed by atoms with Crippen LogP contribution in [0.15, 0.2) is 24.3 Å². The van der Waals surface area contributed by atoms with Crippen LogP contribution >= 0.6 is 0 Å². The predicted octanol–water partition coefficient (Wildman–Crippen LogP) is 2.96. The van der Waals surface area contributed by atoms with E-state index >= 15 is 0 Å². The minimum atomic E-state index is -0.596. The van der Waals surface area contributed by atoms with E-state index in [1.54, 1.807) is 12.1 Å². The van der Waals surface area contributed by atoms with E-state index in [9.17, 15) is 9.59 Å². The first-order chi connectivity index (χ1) is 11.8. The van der Waals surface area contributed by atoms with Crippen molar-refractivity contribution in [3.63, 3.8) is 0 Å². The van der Waals surface area contributed by atoms with Crippen molar-refractivity contribution in [1.82, 2.24) is 10.2 Å². The number of amides is 2. The van der Waals surface area contributed by atoms with Gasteiger partial charge in [-0.3, -0.25) is 9.69 Å². The van der Waals surface area contributed by atoms with E-state index < -0.39 is 17.7 Å². The van der Waals surface area contributed by atoms with Crippen LogP contribution < -0.4 is 5.32 Å². The molecule has 1 saturated heterocycles. The lowest BCUT2D eigenvalue weighted by Gasteiger charge is -2.35. The van der Waals surface area contributed by atoms with Crippen molar-refractivity contribution in [2.45, 2.75) is 58.2 Å². The molecule has 6 nitrogen and oxygen atoms in total. The molecule has 0 aromatic heterocycles. The van der Waals surface area contributed by atoms with Gasteiger partial charge in [0.1, 0.15) is 11.6 Å². The van der Waals surface area contributed by atoms with Gasteiger partial charge in [-0.25, -0.2) is 4.79 Å². The van der Waals surface area contributed by atoms with Crippen LogP contribution in [0.3, 0.4) is 0 Å².